The second-order valence-electron chi connectivity index (χ2n) is 7.51. The molecule has 172 valence electrons. The molecule has 1 fully saturated rings. The van der Waals surface area contributed by atoms with Gasteiger partial charge in [0.15, 0.2) is 5.82 Å². The third-order valence-electron chi connectivity index (χ3n) is 5.02. The maximum Gasteiger partial charge on any atom is 0.323 e. The lowest BCUT2D eigenvalue weighted by Gasteiger charge is -2.37. The van der Waals surface area contributed by atoms with Crippen LogP contribution in [0.15, 0.2) is 36.5 Å². The maximum atomic E-state index is 15.0. The molecule has 1 atom stereocenters. The zero-order valence-electron chi connectivity index (χ0n) is 17.6. The lowest BCUT2D eigenvalue weighted by atomic mass is 10.1. The highest BCUT2D eigenvalue weighted by atomic mass is 32.2. The maximum absolute atomic E-state index is 15.0. The SMILES string of the molecule is Cc1ccc(NC(=O)Nc2cccc(CN3CCN(S(C)(=O)=O)[C@H](C(=O)O)C3)c2F)cn1. The number of aromatic nitrogens is 1. The Hall–Kier alpha value is -3.09. The quantitative estimate of drug-likeness (QED) is 0.592. The van der Waals surface area contributed by atoms with Gasteiger partial charge in [0, 0.05) is 37.4 Å². The van der Waals surface area contributed by atoms with E-state index in [9.17, 15) is 27.5 Å². The number of carbonyl (C=O) groups is 2. The number of aryl methyl sites for hydroxylation is 1. The zero-order chi connectivity index (χ0) is 23.5. The molecule has 1 aliphatic heterocycles. The number of sulfonamides is 1. The molecule has 0 saturated carbocycles. The summed E-state index contributed by atoms with van der Waals surface area (Å²) < 4.78 is 39.6. The van der Waals surface area contributed by atoms with Crippen molar-refractivity contribution in [2.45, 2.75) is 19.5 Å². The minimum atomic E-state index is -3.68. The van der Waals surface area contributed by atoms with E-state index in [4.69, 9.17) is 0 Å². The number of rotatable bonds is 6. The molecule has 0 bridgehead atoms. The Bertz CT molecular complexity index is 1110. The lowest BCUT2D eigenvalue weighted by molar-refractivity contribution is -0.143. The summed E-state index contributed by atoms with van der Waals surface area (Å²) >= 11 is 0. The smallest absolute Gasteiger partial charge is 0.323 e. The second-order valence-corrected chi connectivity index (χ2v) is 9.44. The molecule has 2 amide bonds. The highest BCUT2D eigenvalue weighted by Gasteiger charge is 2.37. The van der Waals surface area contributed by atoms with E-state index in [0.29, 0.717) is 5.69 Å². The topological polar surface area (TPSA) is 132 Å². The van der Waals surface area contributed by atoms with Crippen LogP contribution in [0.1, 0.15) is 11.3 Å². The number of halogens is 1. The van der Waals surface area contributed by atoms with E-state index in [1.165, 1.54) is 18.3 Å². The minimum absolute atomic E-state index is 0.0116. The summed E-state index contributed by atoms with van der Waals surface area (Å²) in [5.41, 5.74) is 1.45. The van der Waals surface area contributed by atoms with Crippen molar-refractivity contribution in [3.63, 3.8) is 0 Å². The van der Waals surface area contributed by atoms with Gasteiger partial charge >= 0.3 is 12.0 Å². The number of urea groups is 1. The number of hydrogen-bond donors (Lipinski definition) is 3. The molecule has 2 aromatic rings. The molecule has 3 rings (SSSR count). The van der Waals surface area contributed by atoms with Crippen LogP contribution in [0.2, 0.25) is 0 Å². The largest absolute Gasteiger partial charge is 0.480 e. The van der Waals surface area contributed by atoms with Crippen LogP contribution in [0.4, 0.5) is 20.6 Å². The molecule has 1 saturated heterocycles. The van der Waals surface area contributed by atoms with Crippen LogP contribution >= 0.6 is 0 Å². The van der Waals surface area contributed by atoms with Crippen LogP contribution in [0, 0.1) is 12.7 Å². The molecule has 2 heterocycles. The summed E-state index contributed by atoms with van der Waals surface area (Å²) in [4.78, 5) is 29.5. The predicted molar refractivity (Wildman–Crippen MR) is 116 cm³/mol. The van der Waals surface area contributed by atoms with Gasteiger partial charge in [-0.1, -0.05) is 12.1 Å². The van der Waals surface area contributed by atoms with Gasteiger partial charge in [-0.25, -0.2) is 17.6 Å². The highest BCUT2D eigenvalue weighted by molar-refractivity contribution is 7.88. The van der Waals surface area contributed by atoms with E-state index in [-0.39, 0.29) is 37.4 Å². The monoisotopic (exact) mass is 465 g/mol. The molecule has 10 nitrogen and oxygen atoms in total. The van der Waals surface area contributed by atoms with Crippen molar-refractivity contribution in [2.24, 2.45) is 0 Å². The van der Waals surface area contributed by atoms with E-state index in [2.05, 4.69) is 15.6 Å². The fourth-order valence-electron chi connectivity index (χ4n) is 3.43. The van der Waals surface area contributed by atoms with Gasteiger partial charge < -0.3 is 15.7 Å². The Morgan fingerprint density at radius 2 is 1.97 bits per heavy atom. The number of benzene rings is 1. The Morgan fingerprint density at radius 3 is 2.59 bits per heavy atom. The van der Waals surface area contributed by atoms with Crippen molar-refractivity contribution in [3.05, 3.63) is 53.6 Å². The number of nitrogens with one attached hydrogen (secondary N) is 2. The van der Waals surface area contributed by atoms with Crippen molar-refractivity contribution >= 4 is 33.4 Å². The standard InChI is InChI=1S/C20H24FN5O5S/c1-13-6-7-15(10-22-13)23-20(29)24-16-5-3-4-14(18(16)21)11-25-8-9-26(32(2,30)31)17(12-25)19(27)28/h3-7,10,17H,8-9,11-12H2,1-2H3,(H,27,28)(H2,23,24,29)/t17-/m0/s1. The van der Waals surface area contributed by atoms with E-state index in [1.807, 2.05) is 6.92 Å². The predicted octanol–water partition coefficient (Wildman–Crippen LogP) is 1.70. The lowest BCUT2D eigenvalue weighted by Crippen LogP contribution is -2.57. The van der Waals surface area contributed by atoms with Gasteiger partial charge in [-0.05, 0) is 25.1 Å². The van der Waals surface area contributed by atoms with Gasteiger partial charge in [0.25, 0.3) is 0 Å². The van der Waals surface area contributed by atoms with Crippen LogP contribution in [0.25, 0.3) is 0 Å². The number of carboxylic acid groups (broad SMARTS) is 1. The fourth-order valence-corrected chi connectivity index (χ4v) is 4.46. The molecular formula is C20H24FN5O5S. The Balaban J connectivity index is 1.68. The first-order valence-electron chi connectivity index (χ1n) is 9.74. The number of piperazine rings is 1. The van der Waals surface area contributed by atoms with Gasteiger partial charge in [0.05, 0.1) is 23.8 Å². The number of carbonyl (C=O) groups excluding carboxylic acids is 1. The third-order valence-corrected chi connectivity index (χ3v) is 6.31. The average molecular weight is 466 g/mol. The molecule has 3 N–H and O–H groups in total. The highest BCUT2D eigenvalue weighted by Crippen LogP contribution is 2.22. The van der Waals surface area contributed by atoms with E-state index in [0.717, 1.165) is 16.3 Å². The summed E-state index contributed by atoms with van der Waals surface area (Å²) in [5.74, 6) is -1.92. The summed E-state index contributed by atoms with van der Waals surface area (Å²) in [6.07, 6.45) is 2.45. The van der Waals surface area contributed by atoms with Gasteiger partial charge in [-0.2, -0.15) is 4.31 Å². The first kappa shape index (κ1) is 23.6. The molecule has 1 aliphatic rings. The molecule has 0 radical (unpaired) electrons. The van der Waals surface area contributed by atoms with Crippen LogP contribution in [0.5, 0.6) is 0 Å². The number of anilines is 2. The summed E-state index contributed by atoms with van der Waals surface area (Å²) in [6.45, 7) is 2.02. The van der Waals surface area contributed by atoms with Crippen LogP contribution in [-0.4, -0.2) is 71.6 Å². The number of amides is 2. The van der Waals surface area contributed by atoms with E-state index in [1.54, 1.807) is 23.1 Å². The van der Waals surface area contributed by atoms with Crippen LogP contribution in [-0.2, 0) is 21.4 Å². The first-order valence-corrected chi connectivity index (χ1v) is 11.6. The molecular weight excluding hydrogens is 441 g/mol. The second kappa shape index (κ2) is 9.59. The Morgan fingerprint density at radius 1 is 1.22 bits per heavy atom. The molecule has 0 spiro atoms. The van der Waals surface area contributed by atoms with Crippen LogP contribution in [0.3, 0.4) is 0 Å². The van der Waals surface area contributed by atoms with Gasteiger partial charge in [-0.15, -0.1) is 0 Å². The molecule has 0 aliphatic carbocycles. The van der Waals surface area contributed by atoms with Crippen molar-refractivity contribution < 1.29 is 27.5 Å². The Kier molecular flexibility index (Phi) is 7.06. The third kappa shape index (κ3) is 5.78. The molecule has 32 heavy (non-hydrogen) atoms. The van der Waals surface area contributed by atoms with Crippen LogP contribution < -0.4 is 10.6 Å². The number of nitrogens with zero attached hydrogens (tertiary/aromatic N) is 3. The molecule has 1 aromatic carbocycles. The average Bonchev–Trinajstić information content (AvgIpc) is 2.72. The van der Waals surface area contributed by atoms with E-state index < -0.39 is 33.9 Å². The number of pyridine rings is 1. The summed E-state index contributed by atoms with van der Waals surface area (Å²) in [6, 6.07) is 6.02. The molecule has 12 heteroatoms. The van der Waals surface area contributed by atoms with Crippen molar-refractivity contribution in [1.29, 1.82) is 0 Å². The van der Waals surface area contributed by atoms with Crippen molar-refractivity contribution in [2.75, 3.05) is 36.5 Å². The van der Waals surface area contributed by atoms with Gasteiger partial charge in [0.1, 0.15) is 6.04 Å². The number of hydrogen-bond acceptors (Lipinski definition) is 6. The normalized spacial score (nSPS) is 17.7. The van der Waals surface area contributed by atoms with Gasteiger partial charge in [0.2, 0.25) is 10.0 Å². The zero-order valence-corrected chi connectivity index (χ0v) is 18.4. The van der Waals surface area contributed by atoms with E-state index >= 15 is 0 Å². The van der Waals surface area contributed by atoms with Crippen molar-refractivity contribution in [3.8, 4) is 0 Å². The molecule has 1 aromatic heterocycles. The number of carboxylic acids is 1. The first-order chi connectivity index (χ1) is 15.0. The van der Waals surface area contributed by atoms with Gasteiger partial charge in [-0.3, -0.25) is 14.7 Å². The number of aliphatic carboxylic acids is 1. The summed E-state index contributed by atoms with van der Waals surface area (Å²) in [7, 11) is -3.68. The van der Waals surface area contributed by atoms with Crippen molar-refractivity contribution in [1.82, 2.24) is 14.2 Å². The fraction of sp³-hybridized carbons (Fsp3) is 0.350. The Labute approximate surface area is 185 Å². The molecule has 0 unspecified atom stereocenters. The summed E-state index contributed by atoms with van der Waals surface area (Å²) in [5, 5.41) is 14.4. The minimum Gasteiger partial charge on any atom is -0.480 e.